The lowest BCUT2D eigenvalue weighted by Crippen LogP contribution is -2.39. The molecule has 0 bridgehead atoms. The van der Waals surface area contributed by atoms with Crippen molar-refractivity contribution in [1.29, 1.82) is 0 Å². The molecular weight excluding hydrogens is 311 g/mol. The summed E-state index contributed by atoms with van der Waals surface area (Å²) in [5.74, 6) is 1.10. The molecule has 0 atom stereocenters. The molecule has 0 saturated heterocycles. The number of nitrogens with zero attached hydrogens (tertiary/aromatic N) is 1. The zero-order valence-electron chi connectivity index (χ0n) is 12.4. The molecule has 1 N–H and O–H groups in total. The van der Waals surface area contributed by atoms with Crippen LogP contribution in [0.3, 0.4) is 0 Å². The molecule has 112 valence electrons. The minimum Gasteiger partial charge on any atom is -0.349 e. The van der Waals surface area contributed by atoms with Gasteiger partial charge in [0.1, 0.15) is 0 Å². The molecule has 20 heavy (non-hydrogen) atoms. The van der Waals surface area contributed by atoms with Gasteiger partial charge in [-0.1, -0.05) is 50.9 Å². The summed E-state index contributed by atoms with van der Waals surface area (Å²) in [5.41, 5.74) is 0.824. The van der Waals surface area contributed by atoms with Crippen LogP contribution in [0.1, 0.15) is 27.7 Å². The Bertz CT molecular complexity index is 431. The van der Waals surface area contributed by atoms with E-state index >= 15 is 0 Å². The molecule has 1 rings (SSSR count). The van der Waals surface area contributed by atoms with Crippen LogP contribution < -0.4 is 5.32 Å². The molecule has 5 heteroatoms. The summed E-state index contributed by atoms with van der Waals surface area (Å²) < 4.78 is 0. The second-order valence-electron chi connectivity index (χ2n) is 5.78. The lowest BCUT2D eigenvalue weighted by molar-refractivity contribution is 0.332. The van der Waals surface area contributed by atoms with Crippen molar-refractivity contribution in [3.05, 3.63) is 28.2 Å². The van der Waals surface area contributed by atoms with Crippen LogP contribution in [0.2, 0.25) is 10.0 Å². The monoisotopic (exact) mass is 332 g/mol. The van der Waals surface area contributed by atoms with Crippen LogP contribution in [0.5, 0.6) is 0 Å². The molecule has 0 heterocycles. The maximum atomic E-state index is 6.00. The minimum absolute atomic E-state index is 0.552. The summed E-state index contributed by atoms with van der Waals surface area (Å²) in [6.07, 6.45) is 0. The molecule has 1 aromatic carbocycles. The molecule has 0 spiro atoms. The van der Waals surface area contributed by atoms with E-state index in [-0.39, 0.29) is 0 Å². The second kappa shape index (κ2) is 8.06. The van der Waals surface area contributed by atoms with Gasteiger partial charge >= 0.3 is 0 Å². The molecule has 0 amide bonds. The molecule has 0 aliphatic heterocycles. The van der Waals surface area contributed by atoms with Crippen LogP contribution in [-0.2, 0) is 0 Å². The number of benzene rings is 1. The van der Waals surface area contributed by atoms with E-state index in [0.29, 0.717) is 27.0 Å². The number of hydrogen-bond acceptors (Lipinski definition) is 1. The van der Waals surface area contributed by atoms with Gasteiger partial charge in [0, 0.05) is 28.8 Å². The topological polar surface area (TPSA) is 15.3 Å². The van der Waals surface area contributed by atoms with Gasteiger partial charge in [0.2, 0.25) is 0 Å². The first-order valence-electron chi connectivity index (χ1n) is 6.80. The largest absolute Gasteiger partial charge is 0.349 e. The van der Waals surface area contributed by atoms with Crippen LogP contribution in [0.4, 0.5) is 5.69 Å². The van der Waals surface area contributed by atoms with Gasteiger partial charge in [-0.3, -0.25) is 0 Å². The Hall–Kier alpha value is -0.510. The molecule has 0 saturated carbocycles. The predicted octanol–water partition coefficient (Wildman–Crippen LogP) is 5.30. The first-order valence-corrected chi connectivity index (χ1v) is 7.96. The average Bonchev–Trinajstić information content (AvgIpc) is 2.24. The van der Waals surface area contributed by atoms with Crippen LogP contribution >= 0.6 is 35.4 Å². The van der Waals surface area contributed by atoms with E-state index in [1.165, 1.54) is 0 Å². The lowest BCUT2D eigenvalue weighted by atomic mass is 10.1. The second-order valence-corrected chi connectivity index (χ2v) is 7.04. The van der Waals surface area contributed by atoms with Crippen molar-refractivity contribution < 1.29 is 0 Å². The normalized spacial score (nSPS) is 11.0. The maximum absolute atomic E-state index is 6.00. The standard InChI is InChI=1S/C15H22Cl2N2S/c1-10(2)8-19(9-11(3)4)15(20)18-14-6-12(16)5-13(17)7-14/h5-7,10-11H,8-9H2,1-4H3,(H,18,20). The Balaban J connectivity index is 2.78. The molecule has 0 radical (unpaired) electrons. The highest BCUT2D eigenvalue weighted by atomic mass is 35.5. The molecule has 0 aliphatic carbocycles. The maximum Gasteiger partial charge on any atom is 0.173 e. The number of halogens is 2. The molecule has 0 aliphatic rings. The van der Waals surface area contributed by atoms with E-state index in [4.69, 9.17) is 35.4 Å². The molecule has 1 aromatic rings. The fourth-order valence-corrected chi connectivity index (χ4v) is 2.74. The van der Waals surface area contributed by atoms with Crippen molar-refractivity contribution in [2.24, 2.45) is 11.8 Å². The Morgan fingerprint density at radius 3 is 1.90 bits per heavy atom. The Labute approximate surface area is 137 Å². The van der Waals surface area contributed by atoms with E-state index in [1.807, 2.05) is 12.1 Å². The van der Waals surface area contributed by atoms with Crippen molar-refractivity contribution in [3.8, 4) is 0 Å². The van der Waals surface area contributed by atoms with E-state index < -0.39 is 0 Å². The van der Waals surface area contributed by atoms with Crippen molar-refractivity contribution in [1.82, 2.24) is 4.90 Å². The van der Waals surface area contributed by atoms with Gasteiger partial charge < -0.3 is 10.2 Å². The molecule has 0 aromatic heterocycles. The van der Waals surface area contributed by atoms with E-state index in [1.54, 1.807) is 6.07 Å². The van der Waals surface area contributed by atoms with Crippen molar-refractivity contribution in [2.45, 2.75) is 27.7 Å². The smallest absolute Gasteiger partial charge is 0.173 e. The number of thiocarbonyl (C=S) groups is 1. The predicted molar refractivity (Wildman–Crippen MR) is 93.9 cm³/mol. The third-order valence-electron chi connectivity index (χ3n) is 2.57. The number of nitrogens with one attached hydrogen (secondary N) is 1. The van der Waals surface area contributed by atoms with Crippen molar-refractivity contribution in [3.63, 3.8) is 0 Å². The van der Waals surface area contributed by atoms with Gasteiger partial charge in [-0.2, -0.15) is 0 Å². The Kier molecular flexibility index (Phi) is 7.07. The van der Waals surface area contributed by atoms with Crippen molar-refractivity contribution >= 4 is 46.2 Å². The highest BCUT2D eigenvalue weighted by Crippen LogP contribution is 2.23. The molecule has 0 unspecified atom stereocenters. The van der Waals surface area contributed by atoms with Crippen molar-refractivity contribution in [2.75, 3.05) is 18.4 Å². The number of hydrogen-bond donors (Lipinski definition) is 1. The van der Waals surface area contributed by atoms with Gasteiger partial charge in [-0.15, -0.1) is 0 Å². The summed E-state index contributed by atoms with van der Waals surface area (Å²) in [6, 6.07) is 5.35. The van der Waals surface area contributed by atoms with Crippen LogP contribution in [0.15, 0.2) is 18.2 Å². The van der Waals surface area contributed by atoms with E-state index in [0.717, 1.165) is 18.8 Å². The highest BCUT2D eigenvalue weighted by molar-refractivity contribution is 7.80. The third-order valence-corrected chi connectivity index (χ3v) is 3.37. The first kappa shape index (κ1) is 17.5. The molecule has 2 nitrogen and oxygen atoms in total. The van der Waals surface area contributed by atoms with Crippen LogP contribution in [-0.4, -0.2) is 23.1 Å². The van der Waals surface area contributed by atoms with Gasteiger partial charge in [0.15, 0.2) is 5.11 Å². The average molecular weight is 333 g/mol. The quantitative estimate of drug-likeness (QED) is 0.736. The van der Waals surface area contributed by atoms with Gasteiger partial charge in [-0.25, -0.2) is 0 Å². The summed E-state index contributed by atoms with van der Waals surface area (Å²) >= 11 is 17.5. The minimum atomic E-state index is 0.552. The van der Waals surface area contributed by atoms with Gasteiger partial charge in [-0.05, 0) is 42.3 Å². The summed E-state index contributed by atoms with van der Waals surface area (Å²) in [6.45, 7) is 10.6. The van der Waals surface area contributed by atoms with Gasteiger partial charge in [0.25, 0.3) is 0 Å². The SMILES string of the molecule is CC(C)CN(CC(C)C)C(=S)Nc1cc(Cl)cc(Cl)c1. The zero-order chi connectivity index (χ0) is 15.3. The fourth-order valence-electron chi connectivity index (χ4n) is 1.95. The number of rotatable bonds is 5. The molecular formula is C15H22Cl2N2S. The summed E-state index contributed by atoms with van der Waals surface area (Å²) in [4.78, 5) is 2.19. The Morgan fingerprint density at radius 1 is 1.05 bits per heavy atom. The van der Waals surface area contributed by atoms with E-state index in [9.17, 15) is 0 Å². The fraction of sp³-hybridized carbons (Fsp3) is 0.533. The highest BCUT2D eigenvalue weighted by Gasteiger charge is 2.13. The van der Waals surface area contributed by atoms with Crippen LogP contribution in [0.25, 0.3) is 0 Å². The van der Waals surface area contributed by atoms with E-state index in [2.05, 4.69) is 37.9 Å². The first-order chi connectivity index (χ1) is 9.27. The lowest BCUT2D eigenvalue weighted by Gasteiger charge is -2.29. The van der Waals surface area contributed by atoms with Crippen LogP contribution in [0, 0.1) is 11.8 Å². The Morgan fingerprint density at radius 2 is 1.50 bits per heavy atom. The number of anilines is 1. The zero-order valence-corrected chi connectivity index (χ0v) is 14.7. The van der Waals surface area contributed by atoms with Gasteiger partial charge in [0.05, 0.1) is 0 Å². The summed E-state index contributed by atoms with van der Waals surface area (Å²) in [5, 5.41) is 5.13. The third kappa shape index (κ3) is 6.29. The molecule has 0 fully saturated rings. The summed E-state index contributed by atoms with van der Waals surface area (Å²) in [7, 11) is 0.